The first-order chi connectivity index (χ1) is 9.79. The molecule has 0 heterocycles. The van der Waals surface area contributed by atoms with Crippen molar-refractivity contribution >= 4 is 49.1 Å². The van der Waals surface area contributed by atoms with Crippen LogP contribution < -0.4 is 11.1 Å². The summed E-state index contributed by atoms with van der Waals surface area (Å²) in [6, 6.07) is 6.33. The number of benzene rings is 2. The van der Waals surface area contributed by atoms with E-state index in [0.717, 1.165) is 21.3 Å². The van der Waals surface area contributed by atoms with Crippen LogP contribution in [-0.2, 0) is 0 Å². The zero-order chi connectivity index (χ0) is 15.7. The quantitative estimate of drug-likeness (QED) is 0.692. The Labute approximate surface area is 139 Å². The van der Waals surface area contributed by atoms with Crippen molar-refractivity contribution in [2.24, 2.45) is 0 Å². The van der Waals surface area contributed by atoms with E-state index in [-0.39, 0.29) is 17.2 Å². The molecule has 3 nitrogen and oxygen atoms in total. The molecule has 0 aromatic heterocycles. The Morgan fingerprint density at radius 1 is 1.14 bits per heavy atom. The number of nitrogen functional groups attached to an aromatic ring is 1. The van der Waals surface area contributed by atoms with Gasteiger partial charge >= 0.3 is 0 Å². The fraction of sp³-hybridized carbons (Fsp3) is 0.133. The van der Waals surface area contributed by atoms with E-state index in [0.29, 0.717) is 4.47 Å². The molecule has 110 valence electrons. The molecule has 0 atom stereocenters. The zero-order valence-electron chi connectivity index (χ0n) is 11.4. The minimum absolute atomic E-state index is 0.0624. The summed E-state index contributed by atoms with van der Waals surface area (Å²) in [6.45, 7) is 3.81. The molecule has 0 aliphatic heterocycles. The summed E-state index contributed by atoms with van der Waals surface area (Å²) in [7, 11) is 0. The predicted molar refractivity (Wildman–Crippen MR) is 90.1 cm³/mol. The molecule has 0 unspecified atom stereocenters. The van der Waals surface area contributed by atoms with Gasteiger partial charge in [0.05, 0.1) is 11.3 Å². The van der Waals surface area contributed by atoms with E-state index in [4.69, 9.17) is 5.73 Å². The topological polar surface area (TPSA) is 55.1 Å². The SMILES string of the molecule is Cc1cc(Br)cc(C)c1NC(=O)c1cc(N)c(F)cc1Br. The summed E-state index contributed by atoms with van der Waals surface area (Å²) >= 11 is 6.59. The number of aryl methyl sites for hydroxylation is 2. The number of amides is 1. The van der Waals surface area contributed by atoms with E-state index in [1.807, 2.05) is 26.0 Å². The third-order valence-corrected chi connectivity index (χ3v) is 4.18. The van der Waals surface area contributed by atoms with Crippen LogP contribution in [0.1, 0.15) is 21.5 Å². The van der Waals surface area contributed by atoms with Crippen LogP contribution in [0.4, 0.5) is 15.8 Å². The first-order valence-corrected chi connectivity index (χ1v) is 7.71. The van der Waals surface area contributed by atoms with Gasteiger partial charge in [-0.1, -0.05) is 15.9 Å². The molecule has 0 saturated carbocycles. The monoisotopic (exact) mass is 414 g/mol. The van der Waals surface area contributed by atoms with Crippen molar-refractivity contribution in [1.29, 1.82) is 0 Å². The number of nitrogens with two attached hydrogens (primary N) is 1. The van der Waals surface area contributed by atoms with Gasteiger partial charge in [-0.2, -0.15) is 0 Å². The van der Waals surface area contributed by atoms with Gasteiger partial charge in [0.1, 0.15) is 5.82 Å². The van der Waals surface area contributed by atoms with Crippen molar-refractivity contribution < 1.29 is 9.18 Å². The maximum Gasteiger partial charge on any atom is 0.256 e. The summed E-state index contributed by atoms with van der Waals surface area (Å²) < 4.78 is 14.6. The number of anilines is 2. The second-order valence-corrected chi connectivity index (χ2v) is 6.49. The lowest BCUT2D eigenvalue weighted by atomic mass is 10.1. The average Bonchev–Trinajstić information content (AvgIpc) is 2.37. The van der Waals surface area contributed by atoms with Gasteiger partial charge in [-0.15, -0.1) is 0 Å². The van der Waals surface area contributed by atoms with Gasteiger partial charge in [0.25, 0.3) is 5.91 Å². The van der Waals surface area contributed by atoms with E-state index in [2.05, 4.69) is 37.2 Å². The summed E-state index contributed by atoms with van der Waals surface area (Å²) in [5, 5.41) is 2.84. The van der Waals surface area contributed by atoms with Crippen LogP contribution in [0, 0.1) is 19.7 Å². The second-order valence-electron chi connectivity index (χ2n) is 4.72. The fourth-order valence-corrected chi connectivity index (χ4v) is 3.21. The van der Waals surface area contributed by atoms with Gasteiger partial charge in [0.2, 0.25) is 0 Å². The third-order valence-electron chi connectivity index (χ3n) is 3.07. The van der Waals surface area contributed by atoms with Crippen molar-refractivity contribution in [3.8, 4) is 0 Å². The van der Waals surface area contributed by atoms with Crippen LogP contribution in [0.3, 0.4) is 0 Å². The molecule has 0 aliphatic carbocycles. The maximum atomic E-state index is 13.3. The highest BCUT2D eigenvalue weighted by atomic mass is 79.9. The third kappa shape index (κ3) is 3.44. The summed E-state index contributed by atoms with van der Waals surface area (Å²) in [6.07, 6.45) is 0. The molecule has 2 aromatic rings. The minimum Gasteiger partial charge on any atom is -0.396 e. The summed E-state index contributed by atoms with van der Waals surface area (Å²) in [5.41, 5.74) is 8.34. The average molecular weight is 416 g/mol. The van der Waals surface area contributed by atoms with Crippen molar-refractivity contribution in [2.45, 2.75) is 13.8 Å². The Bertz CT molecular complexity index is 709. The highest BCUT2D eigenvalue weighted by Crippen LogP contribution is 2.28. The molecule has 2 aromatic carbocycles. The zero-order valence-corrected chi connectivity index (χ0v) is 14.6. The van der Waals surface area contributed by atoms with Crippen LogP contribution in [0.25, 0.3) is 0 Å². The van der Waals surface area contributed by atoms with Crippen LogP contribution in [0.5, 0.6) is 0 Å². The fourth-order valence-electron chi connectivity index (χ4n) is 2.03. The molecule has 2 rings (SSSR count). The molecule has 3 N–H and O–H groups in total. The number of halogens is 3. The number of rotatable bonds is 2. The summed E-state index contributed by atoms with van der Waals surface area (Å²) in [4.78, 5) is 12.4. The number of nitrogens with one attached hydrogen (secondary N) is 1. The van der Waals surface area contributed by atoms with E-state index in [9.17, 15) is 9.18 Å². The lowest BCUT2D eigenvalue weighted by molar-refractivity contribution is 0.102. The highest BCUT2D eigenvalue weighted by molar-refractivity contribution is 9.10. The van der Waals surface area contributed by atoms with E-state index in [1.54, 1.807) is 0 Å². The van der Waals surface area contributed by atoms with Gasteiger partial charge in [0.15, 0.2) is 0 Å². The number of hydrogen-bond donors (Lipinski definition) is 2. The molecule has 0 saturated heterocycles. The van der Waals surface area contributed by atoms with E-state index >= 15 is 0 Å². The number of carbonyl (C=O) groups is 1. The van der Waals surface area contributed by atoms with Crippen molar-refractivity contribution in [3.05, 3.63) is 55.7 Å². The lowest BCUT2D eigenvalue weighted by Gasteiger charge is -2.13. The van der Waals surface area contributed by atoms with Gasteiger partial charge in [-0.25, -0.2) is 4.39 Å². The van der Waals surface area contributed by atoms with E-state index in [1.165, 1.54) is 12.1 Å². The molecule has 0 radical (unpaired) electrons. The molecule has 1 amide bonds. The first-order valence-electron chi connectivity index (χ1n) is 6.12. The van der Waals surface area contributed by atoms with Gasteiger partial charge in [-0.3, -0.25) is 4.79 Å². The Kier molecular flexibility index (Phi) is 4.68. The standard InChI is InChI=1S/C15H13Br2FN2O/c1-7-3-9(16)4-8(2)14(7)20-15(21)10-5-13(19)12(18)6-11(10)17/h3-6H,19H2,1-2H3,(H,20,21). The molecule has 6 heteroatoms. The van der Waals surface area contributed by atoms with Crippen LogP contribution in [0.15, 0.2) is 33.2 Å². The normalized spacial score (nSPS) is 10.5. The lowest BCUT2D eigenvalue weighted by Crippen LogP contribution is -2.15. The van der Waals surface area contributed by atoms with E-state index < -0.39 is 5.82 Å². The first kappa shape index (κ1) is 16.0. The van der Waals surface area contributed by atoms with Crippen LogP contribution in [-0.4, -0.2) is 5.91 Å². The largest absolute Gasteiger partial charge is 0.396 e. The smallest absolute Gasteiger partial charge is 0.256 e. The van der Waals surface area contributed by atoms with Crippen LogP contribution >= 0.6 is 31.9 Å². The van der Waals surface area contributed by atoms with Crippen molar-refractivity contribution in [1.82, 2.24) is 0 Å². The Hall–Kier alpha value is -1.40. The Morgan fingerprint density at radius 3 is 2.29 bits per heavy atom. The molecule has 0 spiro atoms. The van der Waals surface area contributed by atoms with Crippen LogP contribution in [0.2, 0.25) is 0 Å². The molecule has 21 heavy (non-hydrogen) atoms. The predicted octanol–water partition coefficient (Wildman–Crippen LogP) is 4.80. The highest BCUT2D eigenvalue weighted by Gasteiger charge is 2.15. The number of carbonyl (C=O) groups excluding carboxylic acids is 1. The number of hydrogen-bond acceptors (Lipinski definition) is 2. The molecule has 0 fully saturated rings. The van der Waals surface area contributed by atoms with Gasteiger partial charge in [0, 0.05) is 14.6 Å². The van der Waals surface area contributed by atoms with Crippen molar-refractivity contribution in [2.75, 3.05) is 11.1 Å². The Morgan fingerprint density at radius 2 is 1.71 bits per heavy atom. The Balaban J connectivity index is 2.37. The van der Waals surface area contributed by atoms with Gasteiger partial charge < -0.3 is 11.1 Å². The summed E-state index contributed by atoms with van der Waals surface area (Å²) in [5.74, 6) is -0.906. The second kappa shape index (κ2) is 6.15. The molecule has 0 aliphatic rings. The van der Waals surface area contributed by atoms with Gasteiger partial charge in [-0.05, 0) is 65.2 Å². The molecular weight excluding hydrogens is 403 g/mol. The molecular formula is C15H13Br2FN2O. The maximum absolute atomic E-state index is 13.3. The van der Waals surface area contributed by atoms with Crippen molar-refractivity contribution in [3.63, 3.8) is 0 Å². The minimum atomic E-state index is -0.561. The molecule has 0 bridgehead atoms.